The van der Waals surface area contributed by atoms with E-state index in [1.807, 2.05) is 0 Å². The molecule has 0 saturated heterocycles. The van der Waals surface area contributed by atoms with Gasteiger partial charge in [-0.05, 0) is 42.3 Å². The lowest BCUT2D eigenvalue weighted by Gasteiger charge is -2.16. The van der Waals surface area contributed by atoms with E-state index < -0.39 is 37.8 Å². The Hall–Kier alpha value is -3.76. The summed E-state index contributed by atoms with van der Waals surface area (Å²) in [6.07, 6.45) is 0.376. The van der Waals surface area contributed by atoms with Crippen molar-refractivity contribution in [1.29, 1.82) is 0 Å². The van der Waals surface area contributed by atoms with Gasteiger partial charge in [-0.3, -0.25) is 0 Å². The maximum atomic E-state index is 13.1. The van der Waals surface area contributed by atoms with Gasteiger partial charge in [0.1, 0.15) is 22.7 Å². The summed E-state index contributed by atoms with van der Waals surface area (Å²) in [5, 5.41) is 9.55. The third kappa shape index (κ3) is 7.31. The Morgan fingerprint density at radius 1 is 1.07 bits per heavy atom. The summed E-state index contributed by atoms with van der Waals surface area (Å²) < 4.78 is 92.7. The van der Waals surface area contributed by atoms with Crippen LogP contribution in [0, 0.1) is 0 Å². The summed E-state index contributed by atoms with van der Waals surface area (Å²) in [5.74, 6) is -0.174. The second kappa shape index (κ2) is 11.6. The van der Waals surface area contributed by atoms with Crippen LogP contribution in [0.2, 0.25) is 0 Å². The molecule has 2 aromatic heterocycles. The zero-order chi connectivity index (χ0) is 30.0. The molecule has 4 rings (SSSR count). The highest BCUT2D eigenvalue weighted by Crippen LogP contribution is 2.32. The molecule has 220 valence electrons. The van der Waals surface area contributed by atoms with Gasteiger partial charge in [-0.1, -0.05) is 25.2 Å². The maximum Gasteiger partial charge on any atom is 0.405 e. The average molecular weight is 613 g/mol. The van der Waals surface area contributed by atoms with Crippen LogP contribution >= 0.6 is 0 Å². The molecule has 1 atom stereocenters. The Morgan fingerprint density at radius 3 is 2.44 bits per heavy atom. The number of nitrogens with two attached hydrogens (primary N) is 1. The van der Waals surface area contributed by atoms with Crippen molar-refractivity contribution < 1.29 is 34.7 Å². The van der Waals surface area contributed by atoms with Crippen molar-refractivity contribution in [2.24, 2.45) is 5.14 Å². The van der Waals surface area contributed by atoms with Gasteiger partial charge in [-0.25, -0.2) is 31.9 Å². The number of rotatable bonds is 10. The largest absolute Gasteiger partial charge is 0.495 e. The van der Waals surface area contributed by atoms with Crippen molar-refractivity contribution >= 4 is 42.7 Å². The van der Waals surface area contributed by atoms with Gasteiger partial charge >= 0.3 is 6.18 Å². The fourth-order valence-electron chi connectivity index (χ4n) is 4.00. The van der Waals surface area contributed by atoms with Crippen molar-refractivity contribution in [3.63, 3.8) is 0 Å². The first-order chi connectivity index (χ1) is 19.2. The van der Waals surface area contributed by atoms with Crippen LogP contribution in [-0.2, 0) is 19.9 Å². The van der Waals surface area contributed by atoms with E-state index in [0.717, 1.165) is 0 Å². The van der Waals surface area contributed by atoms with Crippen LogP contribution in [0.25, 0.3) is 22.3 Å². The van der Waals surface area contributed by atoms with E-state index in [1.165, 1.54) is 38.3 Å². The quantitative estimate of drug-likeness (QED) is 0.309. The molecule has 3 aromatic rings. The number of pyridine rings is 1. The number of anilines is 2. The van der Waals surface area contributed by atoms with Gasteiger partial charge in [0.15, 0.2) is 15.7 Å². The van der Waals surface area contributed by atoms with E-state index in [-0.39, 0.29) is 57.9 Å². The fourth-order valence-corrected chi connectivity index (χ4v) is 5.73. The Labute approximate surface area is 234 Å². The summed E-state index contributed by atoms with van der Waals surface area (Å²) in [6, 6.07) is 7.58. The van der Waals surface area contributed by atoms with Crippen LogP contribution < -0.4 is 20.5 Å². The SMILES string of the molecule is CCS(=O)(=O)c1cc(-c2ccc3nc(NCC4=CCC(S(N)(=O)=O)C=C4)nc(NCC(F)(F)F)c3n2)ccc1OC. The predicted molar refractivity (Wildman–Crippen MR) is 149 cm³/mol. The van der Waals surface area contributed by atoms with Crippen molar-refractivity contribution in [2.75, 3.05) is 36.6 Å². The number of hydrogen-bond donors (Lipinski definition) is 3. The number of primary sulfonamides is 1. The Balaban J connectivity index is 1.68. The molecule has 0 bridgehead atoms. The predicted octanol–water partition coefficient (Wildman–Crippen LogP) is 3.42. The third-order valence-corrected chi connectivity index (χ3v) is 9.13. The zero-order valence-corrected chi connectivity index (χ0v) is 23.6. The number of halogens is 3. The number of ether oxygens (including phenoxy) is 1. The van der Waals surface area contributed by atoms with Gasteiger partial charge in [-0.15, -0.1) is 0 Å². The highest BCUT2D eigenvalue weighted by molar-refractivity contribution is 7.91. The van der Waals surface area contributed by atoms with Crippen LogP contribution in [0.15, 0.2) is 59.0 Å². The van der Waals surface area contributed by atoms with Crippen molar-refractivity contribution in [3.8, 4) is 17.0 Å². The average Bonchev–Trinajstić information content (AvgIpc) is 2.93. The number of benzene rings is 1. The number of fused-ring (bicyclic) bond motifs is 1. The highest BCUT2D eigenvalue weighted by atomic mass is 32.2. The molecule has 1 aliphatic carbocycles. The van der Waals surface area contributed by atoms with Crippen molar-refractivity contribution in [3.05, 3.63) is 54.1 Å². The number of allylic oxidation sites excluding steroid dienone is 1. The minimum absolute atomic E-state index is 0.0142. The summed E-state index contributed by atoms with van der Waals surface area (Å²) >= 11 is 0. The lowest BCUT2D eigenvalue weighted by Crippen LogP contribution is -2.27. The van der Waals surface area contributed by atoms with Crippen molar-refractivity contribution in [1.82, 2.24) is 15.0 Å². The van der Waals surface area contributed by atoms with Gasteiger partial charge in [-0.2, -0.15) is 18.2 Å². The summed E-state index contributed by atoms with van der Waals surface area (Å²) in [4.78, 5) is 13.0. The van der Waals surface area contributed by atoms with Gasteiger partial charge in [0.05, 0.1) is 29.3 Å². The van der Waals surface area contributed by atoms with E-state index in [2.05, 4.69) is 25.6 Å². The lowest BCUT2D eigenvalue weighted by atomic mass is 10.1. The van der Waals surface area contributed by atoms with Crippen LogP contribution in [0.1, 0.15) is 13.3 Å². The Morgan fingerprint density at radius 2 is 1.83 bits per heavy atom. The van der Waals surface area contributed by atoms with Crippen LogP contribution in [0.4, 0.5) is 24.9 Å². The van der Waals surface area contributed by atoms with Gasteiger partial charge in [0.25, 0.3) is 0 Å². The molecule has 1 aliphatic rings. The number of sulfone groups is 1. The topological polar surface area (TPSA) is 166 Å². The van der Waals surface area contributed by atoms with E-state index >= 15 is 0 Å². The van der Waals surface area contributed by atoms with Gasteiger partial charge in [0.2, 0.25) is 16.0 Å². The number of nitrogens with one attached hydrogen (secondary N) is 2. The third-order valence-electron chi connectivity index (χ3n) is 6.18. The molecule has 41 heavy (non-hydrogen) atoms. The number of methoxy groups -OCH3 is 1. The number of aromatic nitrogens is 3. The Bertz CT molecular complexity index is 1740. The van der Waals surface area contributed by atoms with Gasteiger partial charge in [0, 0.05) is 12.1 Å². The number of alkyl halides is 3. The number of sulfonamides is 1. The zero-order valence-electron chi connectivity index (χ0n) is 21.9. The summed E-state index contributed by atoms with van der Waals surface area (Å²) in [5.41, 5.74) is 1.67. The molecule has 0 spiro atoms. The second-order valence-electron chi connectivity index (χ2n) is 9.05. The van der Waals surface area contributed by atoms with Crippen molar-refractivity contribution in [2.45, 2.75) is 29.7 Å². The van der Waals surface area contributed by atoms with E-state index in [1.54, 1.807) is 24.3 Å². The van der Waals surface area contributed by atoms with E-state index in [4.69, 9.17) is 9.88 Å². The number of hydrogen-bond acceptors (Lipinski definition) is 10. The molecule has 0 aliphatic heterocycles. The van der Waals surface area contributed by atoms with Gasteiger partial charge < -0.3 is 15.4 Å². The molecule has 1 aromatic carbocycles. The smallest absolute Gasteiger partial charge is 0.405 e. The maximum absolute atomic E-state index is 13.1. The summed E-state index contributed by atoms with van der Waals surface area (Å²) in [6.45, 7) is 0.290. The summed E-state index contributed by atoms with van der Waals surface area (Å²) in [7, 11) is -6.02. The first kappa shape index (κ1) is 30.2. The minimum Gasteiger partial charge on any atom is -0.495 e. The molecule has 0 radical (unpaired) electrons. The molecule has 1 unspecified atom stereocenters. The van der Waals surface area contributed by atoms with Crippen LogP contribution in [0.3, 0.4) is 0 Å². The van der Waals surface area contributed by atoms with Crippen LogP contribution in [0.5, 0.6) is 5.75 Å². The molecule has 2 heterocycles. The molecule has 11 nitrogen and oxygen atoms in total. The second-order valence-corrected chi connectivity index (χ2v) is 13.1. The number of nitrogens with zero attached hydrogens (tertiary/aromatic N) is 3. The molecular weight excluding hydrogens is 585 g/mol. The minimum atomic E-state index is -4.54. The first-order valence-electron chi connectivity index (χ1n) is 12.2. The molecule has 0 amide bonds. The van der Waals surface area contributed by atoms with E-state index in [9.17, 15) is 30.0 Å². The molecule has 16 heteroatoms. The molecule has 4 N–H and O–H groups in total. The molecular formula is C25H27F3N6O5S2. The lowest BCUT2D eigenvalue weighted by molar-refractivity contribution is -0.115. The first-order valence-corrected chi connectivity index (χ1v) is 15.5. The standard InChI is InChI=1S/C25H27F3N6O5S2/c1-3-40(35,36)21-12-16(6-11-20(21)39-2)18-9-10-19-22(32-18)23(31-14-25(26,27)28)34-24(33-19)30-13-15-4-7-17(8-5-15)41(29,37)38/h4-7,9-12,17H,3,8,13-14H2,1-2H3,(H2,29,37,38)(H2,30,31,33,34). The Kier molecular flexibility index (Phi) is 8.56. The molecule has 0 saturated carbocycles. The monoisotopic (exact) mass is 612 g/mol. The van der Waals surface area contributed by atoms with Crippen LogP contribution in [-0.4, -0.2) is 69.2 Å². The molecule has 0 fully saturated rings. The normalized spacial score (nSPS) is 16.0. The fraction of sp³-hybridized carbons (Fsp3) is 0.320. The highest BCUT2D eigenvalue weighted by Gasteiger charge is 2.28. The van der Waals surface area contributed by atoms with E-state index in [0.29, 0.717) is 11.1 Å².